The van der Waals surface area contributed by atoms with Crippen molar-refractivity contribution in [1.29, 1.82) is 0 Å². The van der Waals surface area contributed by atoms with Crippen LogP contribution in [-0.4, -0.2) is 29.2 Å². The number of hydrogen-bond acceptors (Lipinski definition) is 4. The fraction of sp³-hybridized carbons (Fsp3) is 0.471. The molecule has 0 radical (unpaired) electrons. The molecule has 0 spiro atoms. The quantitative estimate of drug-likeness (QED) is 0.627. The third kappa shape index (κ3) is 3.90. The molecule has 2 N–H and O–H groups in total. The number of aliphatic imine (C=N–C) groups is 1. The van der Waals surface area contributed by atoms with Crippen LogP contribution in [-0.2, 0) is 12.0 Å². The standard InChI is InChI=1S/C17H22FN5O/c1-3-19-16(20-10-15-22-12(2)24-23-15)21-11-17(7-8-17)13-5-4-6-14(18)9-13/h4-6,9H,3,7-8,10-11H2,1-2H3,(H2,19,20,21). The zero-order valence-electron chi connectivity index (χ0n) is 14.0. The third-order valence-electron chi connectivity index (χ3n) is 4.18. The first kappa shape index (κ1) is 16.4. The summed E-state index contributed by atoms with van der Waals surface area (Å²) in [7, 11) is 0. The van der Waals surface area contributed by atoms with Crippen LogP contribution in [0.25, 0.3) is 0 Å². The molecular weight excluding hydrogens is 309 g/mol. The van der Waals surface area contributed by atoms with Crippen LogP contribution in [0.2, 0.25) is 0 Å². The molecule has 0 atom stereocenters. The zero-order chi connectivity index (χ0) is 17.0. The van der Waals surface area contributed by atoms with E-state index in [1.165, 1.54) is 6.07 Å². The van der Waals surface area contributed by atoms with E-state index in [1.54, 1.807) is 19.1 Å². The highest BCUT2D eigenvalue weighted by molar-refractivity contribution is 5.79. The Morgan fingerprint density at radius 1 is 1.38 bits per heavy atom. The number of halogens is 1. The minimum Gasteiger partial charge on any atom is -0.357 e. The van der Waals surface area contributed by atoms with E-state index in [-0.39, 0.29) is 11.2 Å². The number of aryl methyl sites for hydroxylation is 1. The maximum absolute atomic E-state index is 13.5. The van der Waals surface area contributed by atoms with Gasteiger partial charge in [-0.1, -0.05) is 17.3 Å². The Balaban J connectivity index is 1.63. The average Bonchev–Trinajstić information content (AvgIpc) is 3.25. The van der Waals surface area contributed by atoms with E-state index in [0.29, 0.717) is 30.8 Å². The second-order valence-electron chi connectivity index (χ2n) is 6.07. The van der Waals surface area contributed by atoms with Crippen LogP contribution in [0.5, 0.6) is 0 Å². The van der Waals surface area contributed by atoms with Crippen molar-refractivity contribution in [1.82, 2.24) is 20.8 Å². The van der Waals surface area contributed by atoms with E-state index in [1.807, 2.05) is 13.0 Å². The highest BCUT2D eigenvalue weighted by atomic mass is 19.1. The van der Waals surface area contributed by atoms with E-state index >= 15 is 0 Å². The molecule has 24 heavy (non-hydrogen) atoms. The first-order chi connectivity index (χ1) is 11.6. The minimum absolute atomic E-state index is 0.00101. The topological polar surface area (TPSA) is 75.3 Å². The van der Waals surface area contributed by atoms with E-state index in [0.717, 1.165) is 24.9 Å². The van der Waals surface area contributed by atoms with Gasteiger partial charge in [0.1, 0.15) is 12.4 Å². The SMILES string of the molecule is CCNC(=NCc1noc(C)n1)NCC1(c2cccc(F)c2)CC1. The normalized spacial score (nSPS) is 16.0. The maximum Gasteiger partial charge on any atom is 0.223 e. The van der Waals surface area contributed by atoms with Gasteiger partial charge in [0.15, 0.2) is 11.8 Å². The number of nitrogens with zero attached hydrogens (tertiary/aromatic N) is 3. The highest BCUT2D eigenvalue weighted by Gasteiger charge is 2.44. The van der Waals surface area contributed by atoms with Gasteiger partial charge in [0.25, 0.3) is 0 Å². The Hall–Kier alpha value is -2.44. The fourth-order valence-corrected chi connectivity index (χ4v) is 2.69. The average molecular weight is 331 g/mol. The van der Waals surface area contributed by atoms with Gasteiger partial charge in [-0.2, -0.15) is 4.98 Å². The van der Waals surface area contributed by atoms with Gasteiger partial charge < -0.3 is 15.2 Å². The summed E-state index contributed by atoms with van der Waals surface area (Å²) in [5.74, 6) is 1.59. The van der Waals surface area contributed by atoms with Gasteiger partial charge in [-0.3, -0.25) is 0 Å². The Morgan fingerprint density at radius 3 is 2.83 bits per heavy atom. The van der Waals surface area contributed by atoms with Crippen molar-refractivity contribution in [2.75, 3.05) is 13.1 Å². The summed E-state index contributed by atoms with van der Waals surface area (Å²) >= 11 is 0. The molecular formula is C17H22FN5O. The molecule has 0 amide bonds. The molecule has 1 aromatic carbocycles. The van der Waals surface area contributed by atoms with Gasteiger partial charge in [0.05, 0.1) is 0 Å². The predicted molar refractivity (Wildman–Crippen MR) is 89.2 cm³/mol. The maximum atomic E-state index is 13.5. The van der Waals surface area contributed by atoms with Gasteiger partial charge in [-0.15, -0.1) is 0 Å². The van der Waals surface area contributed by atoms with E-state index in [9.17, 15) is 4.39 Å². The van der Waals surface area contributed by atoms with Gasteiger partial charge in [0.2, 0.25) is 5.89 Å². The number of aromatic nitrogens is 2. The summed E-state index contributed by atoms with van der Waals surface area (Å²) in [5, 5.41) is 10.4. The lowest BCUT2D eigenvalue weighted by Crippen LogP contribution is -2.41. The molecule has 1 aliphatic carbocycles. The summed E-state index contributed by atoms with van der Waals surface area (Å²) < 4.78 is 18.4. The number of hydrogen-bond donors (Lipinski definition) is 2. The molecule has 0 bridgehead atoms. The van der Waals surface area contributed by atoms with Crippen molar-refractivity contribution in [3.05, 3.63) is 47.4 Å². The lowest BCUT2D eigenvalue weighted by atomic mass is 9.96. The largest absolute Gasteiger partial charge is 0.357 e. The van der Waals surface area contributed by atoms with E-state index in [2.05, 4.69) is 25.8 Å². The molecule has 7 heteroatoms. The Kier molecular flexibility index (Phi) is 4.78. The highest BCUT2D eigenvalue weighted by Crippen LogP contribution is 2.47. The van der Waals surface area contributed by atoms with Gasteiger partial charge >= 0.3 is 0 Å². The number of benzene rings is 1. The van der Waals surface area contributed by atoms with Crippen LogP contribution in [0.1, 0.15) is 37.0 Å². The number of nitrogens with one attached hydrogen (secondary N) is 2. The zero-order valence-corrected chi connectivity index (χ0v) is 14.0. The van der Waals surface area contributed by atoms with Gasteiger partial charge in [-0.05, 0) is 37.5 Å². The Labute approximate surface area is 140 Å². The van der Waals surface area contributed by atoms with Crippen molar-refractivity contribution in [2.24, 2.45) is 4.99 Å². The molecule has 0 unspecified atom stereocenters. The van der Waals surface area contributed by atoms with Crippen molar-refractivity contribution in [3.8, 4) is 0 Å². The molecule has 2 aromatic rings. The molecule has 1 saturated carbocycles. The Morgan fingerprint density at radius 2 is 2.21 bits per heavy atom. The summed E-state index contributed by atoms with van der Waals surface area (Å²) in [6.07, 6.45) is 2.10. The summed E-state index contributed by atoms with van der Waals surface area (Å²) in [6, 6.07) is 6.86. The molecule has 1 aromatic heterocycles. The molecule has 6 nitrogen and oxygen atoms in total. The molecule has 1 fully saturated rings. The van der Waals surface area contributed by atoms with E-state index < -0.39 is 0 Å². The lowest BCUT2D eigenvalue weighted by molar-refractivity contribution is 0.387. The van der Waals surface area contributed by atoms with Crippen LogP contribution >= 0.6 is 0 Å². The monoisotopic (exact) mass is 331 g/mol. The number of guanidine groups is 1. The van der Waals surface area contributed by atoms with Crippen molar-refractivity contribution in [3.63, 3.8) is 0 Å². The molecule has 1 aliphatic rings. The van der Waals surface area contributed by atoms with Crippen LogP contribution in [0.3, 0.4) is 0 Å². The predicted octanol–water partition coefficient (Wildman–Crippen LogP) is 2.30. The van der Waals surface area contributed by atoms with Gasteiger partial charge in [-0.25, -0.2) is 9.38 Å². The number of rotatable bonds is 6. The van der Waals surface area contributed by atoms with Gasteiger partial charge in [0, 0.05) is 25.4 Å². The molecule has 128 valence electrons. The van der Waals surface area contributed by atoms with Crippen LogP contribution in [0, 0.1) is 12.7 Å². The van der Waals surface area contributed by atoms with Crippen molar-refractivity contribution < 1.29 is 8.91 Å². The van der Waals surface area contributed by atoms with Crippen molar-refractivity contribution in [2.45, 2.75) is 38.6 Å². The first-order valence-electron chi connectivity index (χ1n) is 8.19. The Bertz CT molecular complexity index is 723. The summed E-state index contributed by atoms with van der Waals surface area (Å²) in [5.41, 5.74) is 1.04. The molecule has 1 heterocycles. The van der Waals surface area contributed by atoms with Crippen molar-refractivity contribution >= 4 is 5.96 Å². The van der Waals surface area contributed by atoms with E-state index in [4.69, 9.17) is 4.52 Å². The van der Waals surface area contributed by atoms with Crippen LogP contribution < -0.4 is 10.6 Å². The van der Waals surface area contributed by atoms with Crippen LogP contribution in [0.15, 0.2) is 33.8 Å². The van der Waals surface area contributed by atoms with Crippen LogP contribution in [0.4, 0.5) is 4.39 Å². The second-order valence-corrected chi connectivity index (χ2v) is 6.07. The summed E-state index contributed by atoms with van der Waals surface area (Å²) in [6.45, 7) is 5.58. The molecule has 3 rings (SSSR count). The minimum atomic E-state index is -0.188. The second kappa shape index (κ2) is 6.98. The lowest BCUT2D eigenvalue weighted by Gasteiger charge is -2.19. The summed E-state index contributed by atoms with van der Waals surface area (Å²) in [4.78, 5) is 8.61. The fourth-order valence-electron chi connectivity index (χ4n) is 2.69. The molecule has 0 saturated heterocycles. The third-order valence-corrected chi connectivity index (χ3v) is 4.18. The molecule has 0 aliphatic heterocycles. The smallest absolute Gasteiger partial charge is 0.223 e. The first-order valence-corrected chi connectivity index (χ1v) is 8.19.